The number of nitrogens with one attached hydrogen (secondary N) is 2. The van der Waals surface area contributed by atoms with E-state index in [2.05, 4.69) is 15.7 Å². The number of anilines is 2. The van der Waals surface area contributed by atoms with E-state index >= 15 is 0 Å². The first-order chi connectivity index (χ1) is 17.9. The first kappa shape index (κ1) is 23.9. The number of hydrogen-bond acceptors (Lipinski definition) is 6. The number of nitro benzene ring substituents is 1. The van der Waals surface area contributed by atoms with Gasteiger partial charge >= 0.3 is 0 Å². The van der Waals surface area contributed by atoms with Crippen LogP contribution >= 0.6 is 0 Å². The average molecular weight is 505 g/mol. The van der Waals surface area contributed by atoms with Crippen LogP contribution in [0.15, 0.2) is 85.1 Å². The van der Waals surface area contributed by atoms with E-state index in [0.717, 1.165) is 10.2 Å². The molecule has 0 bridgehead atoms. The summed E-state index contributed by atoms with van der Waals surface area (Å²) < 4.78 is 34.7. The summed E-state index contributed by atoms with van der Waals surface area (Å²) in [4.78, 5) is 24.1. The normalized spacial score (nSPS) is 16.5. The predicted octanol–water partition coefficient (Wildman–Crippen LogP) is 6.20. The third kappa shape index (κ3) is 5.10. The number of rotatable bonds is 7. The Bertz CT molecular complexity index is 1430. The lowest BCUT2D eigenvalue weighted by atomic mass is 9.97. The topological polar surface area (TPSA) is 111 Å². The number of fused-ring (bicyclic) bond motifs is 1. The van der Waals surface area contributed by atoms with Crippen LogP contribution in [-0.2, 0) is 0 Å². The highest BCUT2D eigenvalue weighted by Gasteiger charge is 2.36. The highest BCUT2D eigenvalue weighted by atomic mass is 19.3. The minimum Gasteiger partial charge on any atom is -0.457 e. The molecule has 0 spiro atoms. The van der Waals surface area contributed by atoms with E-state index < -0.39 is 29.3 Å². The highest BCUT2D eigenvalue weighted by Crippen LogP contribution is 2.39. The number of nitrogens with zero attached hydrogens (tertiary/aromatic N) is 3. The molecule has 1 aromatic heterocycles. The van der Waals surface area contributed by atoms with Gasteiger partial charge < -0.3 is 15.4 Å². The zero-order chi connectivity index (χ0) is 25.9. The Labute approximate surface area is 209 Å². The van der Waals surface area contributed by atoms with Crippen molar-refractivity contribution in [3.8, 4) is 11.5 Å². The van der Waals surface area contributed by atoms with Crippen molar-refractivity contribution in [2.45, 2.75) is 24.9 Å². The molecular formula is C26H21F2N5O4. The van der Waals surface area contributed by atoms with Crippen molar-refractivity contribution >= 4 is 23.1 Å². The monoisotopic (exact) mass is 505 g/mol. The third-order valence-corrected chi connectivity index (χ3v) is 5.97. The van der Waals surface area contributed by atoms with Crippen LogP contribution in [0, 0.1) is 10.1 Å². The van der Waals surface area contributed by atoms with Crippen LogP contribution < -0.4 is 15.4 Å². The number of para-hydroxylation sites is 1. The molecule has 2 N–H and O–H groups in total. The zero-order valence-electron chi connectivity index (χ0n) is 19.3. The molecule has 1 amide bonds. The van der Waals surface area contributed by atoms with Crippen LogP contribution in [0.25, 0.3) is 0 Å². The lowest BCUT2D eigenvalue weighted by Gasteiger charge is -2.32. The predicted molar refractivity (Wildman–Crippen MR) is 132 cm³/mol. The molecule has 0 unspecified atom stereocenters. The maximum atomic E-state index is 13.9. The highest BCUT2D eigenvalue weighted by molar-refractivity contribution is 6.07. The molecule has 188 valence electrons. The number of aromatic nitrogens is 2. The average Bonchev–Trinajstić information content (AvgIpc) is 3.33. The molecule has 3 aromatic carbocycles. The van der Waals surface area contributed by atoms with E-state index in [-0.39, 0.29) is 34.9 Å². The van der Waals surface area contributed by atoms with Gasteiger partial charge in [0.25, 0.3) is 18.0 Å². The van der Waals surface area contributed by atoms with E-state index in [1.807, 2.05) is 30.3 Å². The first-order valence-corrected chi connectivity index (χ1v) is 11.4. The Morgan fingerprint density at radius 3 is 2.46 bits per heavy atom. The molecule has 1 aliphatic heterocycles. The maximum absolute atomic E-state index is 13.9. The van der Waals surface area contributed by atoms with Crippen molar-refractivity contribution in [1.82, 2.24) is 9.78 Å². The lowest BCUT2D eigenvalue weighted by Crippen LogP contribution is -2.31. The Morgan fingerprint density at radius 1 is 1.08 bits per heavy atom. The molecule has 2 atom stereocenters. The van der Waals surface area contributed by atoms with Crippen LogP contribution in [0.2, 0.25) is 0 Å². The summed E-state index contributed by atoms with van der Waals surface area (Å²) >= 11 is 0. The summed E-state index contributed by atoms with van der Waals surface area (Å²) in [5.74, 6) is 0.0867. The molecule has 0 radical (unpaired) electrons. The standard InChI is InChI=1S/C26H21F2N5O4/c27-24(28)23-14-22(16-7-3-1-4-8-16)31-25-21(15-29-32(23)25)26(34)30-17-11-18(33(35)36)13-20(12-17)37-19-9-5-2-6-10-19/h1-13,15,22-24,31H,14H2,(H,30,34)/t22-,23-/m0/s1. The summed E-state index contributed by atoms with van der Waals surface area (Å²) in [5, 5.41) is 21.3. The number of ether oxygens (including phenoxy) is 1. The number of amides is 1. The largest absolute Gasteiger partial charge is 0.457 e. The molecule has 0 saturated heterocycles. The number of non-ortho nitro benzene ring substituents is 1. The second-order valence-corrected chi connectivity index (χ2v) is 8.44. The van der Waals surface area contributed by atoms with Crippen LogP contribution in [-0.4, -0.2) is 27.0 Å². The van der Waals surface area contributed by atoms with Gasteiger partial charge in [0, 0.05) is 12.1 Å². The number of alkyl halides is 2. The Balaban J connectivity index is 1.44. The summed E-state index contributed by atoms with van der Waals surface area (Å²) in [6, 6.07) is 19.9. The number of benzene rings is 3. The number of hydrogen-bond donors (Lipinski definition) is 2. The zero-order valence-corrected chi connectivity index (χ0v) is 19.3. The molecule has 2 heterocycles. The van der Waals surface area contributed by atoms with Crippen LogP contribution in [0.1, 0.15) is 34.4 Å². The van der Waals surface area contributed by atoms with E-state index in [9.17, 15) is 23.7 Å². The fourth-order valence-corrected chi connectivity index (χ4v) is 4.25. The van der Waals surface area contributed by atoms with Gasteiger partial charge in [-0.3, -0.25) is 14.9 Å². The van der Waals surface area contributed by atoms with Gasteiger partial charge in [0.05, 0.1) is 28.9 Å². The van der Waals surface area contributed by atoms with Gasteiger partial charge in [-0.1, -0.05) is 48.5 Å². The molecule has 0 saturated carbocycles. The number of halogens is 2. The summed E-state index contributed by atoms with van der Waals surface area (Å²) in [6.07, 6.45) is -1.40. The fourth-order valence-electron chi connectivity index (χ4n) is 4.25. The van der Waals surface area contributed by atoms with Gasteiger partial charge in [-0.25, -0.2) is 13.5 Å². The smallest absolute Gasteiger partial charge is 0.275 e. The van der Waals surface area contributed by atoms with E-state index in [1.54, 1.807) is 30.3 Å². The first-order valence-electron chi connectivity index (χ1n) is 11.4. The van der Waals surface area contributed by atoms with Gasteiger partial charge in [-0.2, -0.15) is 5.10 Å². The van der Waals surface area contributed by atoms with E-state index in [4.69, 9.17) is 4.74 Å². The van der Waals surface area contributed by atoms with Crippen molar-refractivity contribution in [3.05, 3.63) is 106 Å². The van der Waals surface area contributed by atoms with Crippen molar-refractivity contribution in [1.29, 1.82) is 0 Å². The SMILES string of the molecule is O=C(Nc1cc(Oc2ccccc2)cc([N+](=O)[O-])c1)c1cnn2c1N[C@H](c1ccccc1)C[C@H]2C(F)F. The van der Waals surface area contributed by atoms with Gasteiger partial charge in [-0.15, -0.1) is 0 Å². The molecular weight excluding hydrogens is 484 g/mol. The molecule has 37 heavy (non-hydrogen) atoms. The summed E-state index contributed by atoms with van der Waals surface area (Å²) in [6.45, 7) is 0. The molecule has 9 nitrogen and oxygen atoms in total. The maximum Gasteiger partial charge on any atom is 0.275 e. The van der Waals surface area contributed by atoms with Crippen LogP contribution in [0.4, 0.5) is 26.0 Å². The Morgan fingerprint density at radius 2 is 1.78 bits per heavy atom. The number of carbonyl (C=O) groups is 1. The van der Waals surface area contributed by atoms with Crippen LogP contribution in [0.3, 0.4) is 0 Å². The van der Waals surface area contributed by atoms with Gasteiger partial charge in [-0.05, 0) is 24.1 Å². The Hall–Kier alpha value is -4.80. The summed E-state index contributed by atoms with van der Waals surface area (Å²) in [5.41, 5.74) is 0.642. The molecule has 5 rings (SSSR count). The third-order valence-electron chi connectivity index (χ3n) is 5.97. The van der Waals surface area contributed by atoms with Gasteiger partial charge in [0.1, 0.15) is 28.9 Å². The van der Waals surface area contributed by atoms with Gasteiger partial charge in [0.2, 0.25) is 0 Å². The summed E-state index contributed by atoms with van der Waals surface area (Å²) in [7, 11) is 0. The molecule has 1 aliphatic rings. The second kappa shape index (κ2) is 10.1. The lowest BCUT2D eigenvalue weighted by molar-refractivity contribution is -0.384. The van der Waals surface area contributed by atoms with E-state index in [0.29, 0.717) is 5.75 Å². The fraction of sp³-hybridized carbons (Fsp3) is 0.154. The second-order valence-electron chi connectivity index (χ2n) is 8.44. The van der Waals surface area contributed by atoms with Crippen molar-refractivity contribution in [2.75, 3.05) is 10.6 Å². The molecule has 0 fully saturated rings. The molecule has 4 aromatic rings. The number of carbonyl (C=O) groups excluding carboxylic acids is 1. The molecule has 11 heteroatoms. The Kier molecular flexibility index (Phi) is 6.50. The van der Waals surface area contributed by atoms with Crippen molar-refractivity contribution in [3.63, 3.8) is 0 Å². The van der Waals surface area contributed by atoms with E-state index in [1.165, 1.54) is 24.4 Å². The molecule has 0 aliphatic carbocycles. The van der Waals surface area contributed by atoms with Crippen molar-refractivity contribution in [2.24, 2.45) is 0 Å². The minimum absolute atomic E-state index is 0.0308. The minimum atomic E-state index is -2.70. The quantitative estimate of drug-likeness (QED) is 0.229. The number of nitro groups is 1. The van der Waals surface area contributed by atoms with Crippen molar-refractivity contribution < 1.29 is 23.2 Å². The van der Waals surface area contributed by atoms with Gasteiger partial charge in [0.15, 0.2) is 0 Å². The van der Waals surface area contributed by atoms with Crippen LogP contribution in [0.5, 0.6) is 11.5 Å².